The van der Waals surface area contributed by atoms with Crippen LogP contribution in [-0.2, 0) is 9.53 Å². The molecule has 0 unspecified atom stereocenters. The molecule has 1 fully saturated rings. The van der Waals surface area contributed by atoms with Gasteiger partial charge >= 0.3 is 5.97 Å². The van der Waals surface area contributed by atoms with E-state index >= 15 is 0 Å². The first-order chi connectivity index (χ1) is 10.5. The predicted octanol–water partition coefficient (Wildman–Crippen LogP) is 3.25. The number of benzene rings is 1. The zero-order valence-electron chi connectivity index (χ0n) is 13.7. The van der Waals surface area contributed by atoms with Crippen molar-refractivity contribution < 1.29 is 14.3 Å². The van der Waals surface area contributed by atoms with Crippen LogP contribution in [0.5, 0.6) is 0 Å². The number of carbonyl (C=O) groups excluding carboxylic acids is 2. The van der Waals surface area contributed by atoms with Crippen LogP contribution in [0.1, 0.15) is 54.1 Å². The smallest absolute Gasteiger partial charge is 0.338 e. The predicted molar refractivity (Wildman–Crippen MR) is 85.8 cm³/mol. The number of rotatable bonds is 4. The van der Waals surface area contributed by atoms with Gasteiger partial charge in [0, 0.05) is 12.6 Å². The summed E-state index contributed by atoms with van der Waals surface area (Å²) in [5.41, 5.74) is 2.68. The Balaban J connectivity index is 1.92. The molecule has 1 saturated heterocycles. The van der Waals surface area contributed by atoms with E-state index in [2.05, 4.69) is 6.92 Å². The highest BCUT2D eigenvalue weighted by Gasteiger charge is 2.26. The van der Waals surface area contributed by atoms with Gasteiger partial charge in [-0.05, 0) is 62.8 Å². The van der Waals surface area contributed by atoms with Crippen molar-refractivity contribution in [1.29, 1.82) is 0 Å². The number of aryl methyl sites for hydroxylation is 2. The summed E-state index contributed by atoms with van der Waals surface area (Å²) in [6.45, 7) is 6.66. The molecule has 22 heavy (non-hydrogen) atoms. The third kappa shape index (κ3) is 3.87. The summed E-state index contributed by atoms with van der Waals surface area (Å²) in [7, 11) is 0. The van der Waals surface area contributed by atoms with Crippen LogP contribution in [0.15, 0.2) is 18.2 Å². The third-order valence-corrected chi connectivity index (χ3v) is 4.49. The number of hydrogen-bond donors (Lipinski definition) is 0. The standard InChI is InChI=1S/C18H25NO3/c1-4-16-7-5-6-10-19(16)17(20)12-22-18(21)15-9-8-13(2)14(3)11-15/h8-9,11,16H,4-7,10,12H2,1-3H3/t16-/m1/s1. The number of carbonyl (C=O) groups is 2. The molecule has 0 aromatic heterocycles. The van der Waals surface area contributed by atoms with Gasteiger partial charge in [0.25, 0.3) is 5.91 Å². The number of hydrogen-bond acceptors (Lipinski definition) is 3. The molecule has 4 heteroatoms. The second-order valence-corrected chi connectivity index (χ2v) is 6.02. The lowest BCUT2D eigenvalue weighted by Gasteiger charge is -2.35. The first-order valence-electron chi connectivity index (χ1n) is 8.06. The average molecular weight is 303 g/mol. The van der Waals surface area contributed by atoms with Gasteiger partial charge in [0.15, 0.2) is 6.61 Å². The summed E-state index contributed by atoms with van der Waals surface area (Å²) in [5.74, 6) is -0.509. The normalized spacial score (nSPS) is 18.1. The molecular weight excluding hydrogens is 278 g/mol. The lowest BCUT2D eigenvalue weighted by Crippen LogP contribution is -2.45. The van der Waals surface area contributed by atoms with Crippen molar-refractivity contribution in [3.63, 3.8) is 0 Å². The molecule has 120 valence electrons. The fraction of sp³-hybridized carbons (Fsp3) is 0.556. The molecule has 0 spiro atoms. The molecule has 2 rings (SSSR count). The molecule has 1 atom stereocenters. The Morgan fingerprint density at radius 3 is 2.68 bits per heavy atom. The van der Waals surface area contributed by atoms with E-state index in [1.807, 2.05) is 24.8 Å². The second kappa shape index (κ2) is 7.43. The summed E-state index contributed by atoms with van der Waals surface area (Å²) in [5, 5.41) is 0. The summed E-state index contributed by atoms with van der Waals surface area (Å²) in [6.07, 6.45) is 4.21. The molecule has 1 heterocycles. The van der Waals surface area contributed by atoms with Crippen LogP contribution >= 0.6 is 0 Å². The van der Waals surface area contributed by atoms with Gasteiger partial charge in [0.2, 0.25) is 0 Å². The fourth-order valence-electron chi connectivity index (χ4n) is 2.92. The molecule has 1 amide bonds. The lowest BCUT2D eigenvalue weighted by molar-refractivity contribution is -0.138. The molecular formula is C18H25NO3. The zero-order valence-corrected chi connectivity index (χ0v) is 13.7. The Labute approximate surface area is 132 Å². The number of ether oxygens (including phenoxy) is 1. The van der Waals surface area contributed by atoms with Gasteiger partial charge < -0.3 is 9.64 Å². The van der Waals surface area contributed by atoms with Crippen LogP contribution < -0.4 is 0 Å². The van der Waals surface area contributed by atoms with E-state index in [0.717, 1.165) is 36.9 Å². The SMILES string of the molecule is CC[C@@H]1CCCCN1C(=O)COC(=O)c1ccc(C)c(C)c1. The number of nitrogens with zero attached hydrogens (tertiary/aromatic N) is 1. The van der Waals surface area contributed by atoms with Crippen molar-refractivity contribution in [3.05, 3.63) is 34.9 Å². The number of piperidine rings is 1. The molecule has 1 aromatic rings. The van der Waals surface area contributed by atoms with Gasteiger partial charge in [0.1, 0.15) is 0 Å². The minimum Gasteiger partial charge on any atom is -0.452 e. The highest BCUT2D eigenvalue weighted by molar-refractivity contribution is 5.91. The van der Waals surface area contributed by atoms with E-state index in [9.17, 15) is 9.59 Å². The summed E-state index contributed by atoms with van der Waals surface area (Å²) >= 11 is 0. The van der Waals surface area contributed by atoms with Crippen molar-refractivity contribution in [3.8, 4) is 0 Å². The minimum atomic E-state index is -0.429. The Hall–Kier alpha value is -1.84. The van der Waals surface area contributed by atoms with E-state index < -0.39 is 5.97 Å². The fourth-order valence-corrected chi connectivity index (χ4v) is 2.92. The first kappa shape index (κ1) is 16.5. The van der Waals surface area contributed by atoms with E-state index in [0.29, 0.717) is 11.6 Å². The van der Waals surface area contributed by atoms with Gasteiger partial charge in [0.05, 0.1) is 5.56 Å². The molecule has 0 saturated carbocycles. The Kier molecular flexibility index (Phi) is 5.58. The van der Waals surface area contributed by atoms with Crippen LogP contribution in [0, 0.1) is 13.8 Å². The minimum absolute atomic E-state index is 0.0799. The van der Waals surface area contributed by atoms with Crippen LogP contribution in [0.25, 0.3) is 0 Å². The zero-order chi connectivity index (χ0) is 16.1. The Bertz CT molecular complexity index is 553. The van der Waals surface area contributed by atoms with Crippen LogP contribution in [0.2, 0.25) is 0 Å². The van der Waals surface area contributed by atoms with Gasteiger partial charge in [-0.1, -0.05) is 13.0 Å². The molecule has 0 N–H and O–H groups in total. The van der Waals surface area contributed by atoms with E-state index in [1.54, 1.807) is 12.1 Å². The molecule has 1 aliphatic rings. The number of likely N-dealkylation sites (tertiary alicyclic amines) is 1. The lowest BCUT2D eigenvalue weighted by atomic mass is 10.00. The first-order valence-corrected chi connectivity index (χ1v) is 8.06. The highest BCUT2D eigenvalue weighted by Crippen LogP contribution is 2.19. The third-order valence-electron chi connectivity index (χ3n) is 4.49. The number of esters is 1. The second-order valence-electron chi connectivity index (χ2n) is 6.02. The van der Waals surface area contributed by atoms with Gasteiger partial charge in [-0.3, -0.25) is 4.79 Å². The van der Waals surface area contributed by atoms with Crippen molar-refractivity contribution >= 4 is 11.9 Å². The van der Waals surface area contributed by atoms with Crippen LogP contribution in [-0.4, -0.2) is 36.0 Å². The summed E-state index contributed by atoms with van der Waals surface area (Å²) in [4.78, 5) is 26.2. The van der Waals surface area contributed by atoms with Crippen LogP contribution in [0.3, 0.4) is 0 Å². The summed E-state index contributed by atoms with van der Waals surface area (Å²) < 4.78 is 5.20. The van der Waals surface area contributed by atoms with Crippen molar-refractivity contribution in [2.45, 2.75) is 52.5 Å². The molecule has 0 bridgehead atoms. The Morgan fingerprint density at radius 2 is 2.00 bits per heavy atom. The Morgan fingerprint density at radius 1 is 1.23 bits per heavy atom. The number of amides is 1. The average Bonchev–Trinajstić information content (AvgIpc) is 2.54. The monoisotopic (exact) mass is 303 g/mol. The van der Waals surface area contributed by atoms with Gasteiger partial charge in [-0.15, -0.1) is 0 Å². The van der Waals surface area contributed by atoms with E-state index in [4.69, 9.17) is 4.74 Å². The molecule has 0 aliphatic carbocycles. The maximum absolute atomic E-state index is 12.3. The summed E-state index contributed by atoms with van der Waals surface area (Å²) in [6, 6.07) is 5.73. The van der Waals surface area contributed by atoms with Gasteiger partial charge in [-0.2, -0.15) is 0 Å². The largest absolute Gasteiger partial charge is 0.452 e. The quantitative estimate of drug-likeness (QED) is 0.802. The van der Waals surface area contributed by atoms with E-state index in [1.165, 1.54) is 6.42 Å². The van der Waals surface area contributed by atoms with E-state index in [-0.39, 0.29) is 12.5 Å². The van der Waals surface area contributed by atoms with Crippen molar-refractivity contribution in [2.24, 2.45) is 0 Å². The van der Waals surface area contributed by atoms with Crippen LogP contribution in [0.4, 0.5) is 0 Å². The molecule has 1 aliphatic heterocycles. The highest BCUT2D eigenvalue weighted by atomic mass is 16.5. The maximum atomic E-state index is 12.3. The molecule has 4 nitrogen and oxygen atoms in total. The molecule has 1 aromatic carbocycles. The van der Waals surface area contributed by atoms with Gasteiger partial charge in [-0.25, -0.2) is 4.79 Å². The topological polar surface area (TPSA) is 46.6 Å². The van der Waals surface area contributed by atoms with Crippen molar-refractivity contribution in [1.82, 2.24) is 4.90 Å². The molecule has 0 radical (unpaired) electrons. The maximum Gasteiger partial charge on any atom is 0.338 e. The van der Waals surface area contributed by atoms with Crippen molar-refractivity contribution in [2.75, 3.05) is 13.2 Å².